The number of aldehydes is 1. The molecular weight excluding hydrogens is 256 g/mol. The summed E-state index contributed by atoms with van der Waals surface area (Å²) in [5.74, 6) is 2.04. The molecule has 0 spiro atoms. The van der Waals surface area contributed by atoms with Gasteiger partial charge in [-0.2, -0.15) is 0 Å². The van der Waals surface area contributed by atoms with E-state index in [4.69, 9.17) is 14.2 Å². The van der Waals surface area contributed by atoms with Crippen LogP contribution < -0.4 is 0 Å². The maximum absolute atomic E-state index is 11.2. The largest absolute Gasteiger partial charge is 0.437 e. The number of hydrogen-bond donors (Lipinski definition) is 2. The first-order valence-corrected chi connectivity index (χ1v) is 5.67. The fourth-order valence-corrected chi connectivity index (χ4v) is 1.60. The van der Waals surface area contributed by atoms with Gasteiger partial charge in [-0.1, -0.05) is 5.92 Å². The average molecular weight is 272 g/mol. The SMILES string of the molecule is CC#CO[C@@H]([C@@H]1OC(C(C)=O)OC[C@H]1O)[C@@H](O)C=O. The Bertz CT molecular complexity index is 383. The third-order valence-corrected chi connectivity index (χ3v) is 2.51. The number of ketones is 1. The Morgan fingerprint density at radius 2 is 2.26 bits per heavy atom. The molecule has 0 aromatic rings. The van der Waals surface area contributed by atoms with Crippen molar-refractivity contribution in [3.05, 3.63) is 0 Å². The number of ether oxygens (including phenoxy) is 3. The van der Waals surface area contributed by atoms with E-state index in [2.05, 4.69) is 12.0 Å². The fraction of sp³-hybridized carbons (Fsp3) is 0.667. The van der Waals surface area contributed by atoms with E-state index < -0.39 is 36.5 Å². The van der Waals surface area contributed by atoms with Crippen LogP contribution in [0.25, 0.3) is 0 Å². The first kappa shape index (κ1) is 15.6. The standard InChI is InChI=1S/C12H16O7/c1-3-4-17-10(8(15)5-13)11-9(16)6-18-12(19-11)7(2)14/h5,8-12,15-16H,6H2,1-2H3/t8-,9+,10+,11+,12?/m0/s1. The van der Waals surface area contributed by atoms with Gasteiger partial charge in [-0.15, -0.1) is 0 Å². The van der Waals surface area contributed by atoms with Crippen LogP contribution in [0.5, 0.6) is 0 Å². The van der Waals surface area contributed by atoms with Crippen LogP contribution in [-0.2, 0) is 23.8 Å². The number of carbonyl (C=O) groups is 2. The molecule has 1 heterocycles. The van der Waals surface area contributed by atoms with Gasteiger partial charge < -0.3 is 29.2 Å². The van der Waals surface area contributed by atoms with Crippen LogP contribution in [0.4, 0.5) is 0 Å². The van der Waals surface area contributed by atoms with Gasteiger partial charge in [0.25, 0.3) is 0 Å². The summed E-state index contributed by atoms with van der Waals surface area (Å²) in [6, 6.07) is 0. The van der Waals surface area contributed by atoms with Gasteiger partial charge in [-0.05, 0) is 6.92 Å². The molecule has 0 amide bonds. The number of hydrogen-bond acceptors (Lipinski definition) is 7. The van der Waals surface area contributed by atoms with Crippen molar-refractivity contribution in [1.29, 1.82) is 0 Å². The van der Waals surface area contributed by atoms with Crippen molar-refractivity contribution in [3.63, 3.8) is 0 Å². The molecule has 1 aliphatic rings. The zero-order valence-corrected chi connectivity index (χ0v) is 10.6. The third kappa shape index (κ3) is 4.01. The first-order chi connectivity index (χ1) is 9.01. The van der Waals surface area contributed by atoms with E-state index >= 15 is 0 Å². The first-order valence-electron chi connectivity index (χ1n) is 5.67. The highest BCUT2D eigenvalue weighted by Crippen LogP contribution is 2.20. The molecule has 0 saturated carbocycles. The van der Waals surface area contributed by atoms with Crippen molar-refractivity contribution in [2.24, 2.45) is 0 Å². The Morgan fingerprint density at radius 3 is 2.79 bits per heavy atom. The van der Waals surface area contributed by atoms with Crippen molar-refractivity contribution in [2.75, 3.05) is 6.61 Å². The van der Waals surface area contributed by atoms with Crippen LogP contribution >= 0.6 is 0 Å². The summed E-state index contributed by atoms with van der Waals surface area (Å²) in [5, 5.41) is 19.3. The van der Waals surface area contributed by atoms with Gasteiger partial charge in [0.05, 0.1) is 6.61 Å². The third-order valence-electron chi connectivity index (χ3n) is 2.51. The van der Waals surface area contributed by atoms with Gasteiger partial charge in [0.15, 0.2) is 18.2 Å². The molecule has 0 aromatic heterocycles. The summed E-state index contributed by atoms with van der Waals surface area (Å²) in [4.78, 5) is 21.9. The molecule has 1 rings (SSSR count). The van der Waals surface area contributed by atoms with Gasteiger partial charge in [-0.25, -0.2) is 0 Å². The molecule has 1 aliphatic heterocycles. The van der Waals surface area contributed by atoms with Crippen LogP contribution in [0, 0.1) is 12.0 Å². The highest BCUT2D eigenvalue weighted by Gasteiger charge is 2.42. The lowest BCUT2D eigenvalue weighted by atomic mass is 10.0. The number of aliphatic hydroxyl groups excluding tert-OH is 2. The van der Waals surface area contributed by atoms with Crippen molar-refractivity contribution in [2.45, 2.75) is 44.6 Å². The summed E-state index contributed by atoms with van der Waals surface area (Å²) >= 11 is 0. The maximum atomic E-state index is 11.2. The highest BCUT2D eigenvalue weighted by atomic mass is 16.7. The molecule has 0 bridgehead atoms. The molecule has 5 atom stereocenters. The summed E-state index contributed by atoms with van der Waals surface area (Å²) in [6.45, 7) is 2.60. The minimum atomic E-state index is -1.54. The summed E-state index contributed by atoms with van der Waals surface area (Å²) < 4.78 is 15.2. The van der Waals surface area contributed by atoms with Crippen LogP contribution in [0.3, 0.4) is 0 Å². The Labute approximate surface area is 110 Å². The molecular formula is C12H16O7. The molecule has 2 N–H and O–H groups in total. The van der Waals surface area contributed by atoms with Gasteiger partial charge in [0.2, 0.25) is 6.29 Å². The van der Waals surface area contributed by atoms with E-state index in [9.17, 15) is 19.8 Å². The number of Topliss-reactive ketones (excluding diaryl/α,β-unsaturated/α-hetero) is 1. The second-order valence-electron chi connectivity index (χ2n) is 4.01. The van der Waals surface area contributed by atoms with Crippen LogP contribution in [0.15, 0.2) is 0 Å². The molecule has 106 valence electrons. The summed E-state index contributed by atoms with van der Waals surface area (Å²) in [5.41, 5.74) is 0. The monoisotopic (exact) mass is 272 g/mol. The van der Waals surface area contributed by atoms with Crippen molar-refractivity contribution < 1.29 is 34.0 Å². The Balaban J connectivity index is 2.86. The predicted molar refractivity (Wildman–Crippen MR) is 61.7 cm³/mol. The van der Waals surface area contributed by atoms with Gasteiger partial charge in [-0.3, -0.25) is 4.79 Å². The van der Waals surface area contributed by atoms with Crippen molar-refractivity contribution in [3.8, 4) is 12.0 Å². The van der Waals surface area contributed by atoms with E-state index in [-0.39, 0.29) is 12.9 Å². The molecule has 0 aliphatic carbocycles. The second-order valence-corrected chi connectivity index (χ2v) is 4.01. The predicted octanol–water partition coefficient (Wildman–Crippen LogP) is -1.40. The molecule has 1 saturated heterocycles. The minimum Gasteiger partial charge on any atom is -0.437 e. The number of rotatable bonds is 5. The van der Waals surface area contributed by atoms with E-state index in [0.717, 1.165) is 0 Å². The lowest BCUT2D eigenvalue weighted by Gasteiger charge is -2.36. The Morgan fingerprint density at radius 1 is 1.58 bits per heavy atom. The van der Waals surface area contributed by atoms with Crippen molar-refractivity contribution >= 4 is 12.1 Å². The lowest BCUT2D eigenvalue weighted by molar-refractivity contribution is -0.265. The Hall–Kier alpha value is -1.46. The van der Waals surface area contributed by atoms with E-state index in [1.807, 2.05) is 0 Å². The topological polar surface area (TPSA) is 102 Å². The molecule has 1 unspecified atom stereocenters. The van der Waals surface area contributed by atoms with Gasteiger partial charge >= 0.3 is 0 Å². The van der Waals surface area contributed by atoms with E-state index in [0.29, 0.717) is 0 Å². The molecule has 1 fully saturated rings. The quantitative estimate of drug-likeness (QED) is 0.469. The molecule has 19 heavy (non-hydrogen) atoms. The summed E-state index contributed by atoms with van der Waals surface area (Å²) in [7, 11) is 0. The van der Waals surface area contributed by atoms with E-state index in [1.165, 1.54) is 13.8 Å². The van der Waals surface area contributed by atoms with Gasteiger partial charge in [0.1, 0.15) is 24.4 Å². The molecule has 0 radical (unpaired) electrons. The second kappa shape index (κ2) is 7.21. The lowest BCUT2D eigenvalue weighted by Crippen LogP contribution is -2.55. The number of carbonyl (C=O) groups excluding carboxylic acids is 2. The highest BCUT2D eigenvalue weighted by molar-refractivity contribution is 5.79. The molecule has 0 aromatic carbocycles. The van der Waals surface area contributed by atoms with Crippen molar-refractivity contribution in [1.82, 2.24) is 0 Å². The smallest absolute Gasteiger partial charge is 0.218 e. The molecule has 7 heteroatoms. The normalized spacial score (nSPS) is 29.6. The van der Waals surface area contributed by atoms with Gasteiger partial charge in [0, 0.05) is 6.92 Å². The van der Waals surface area contributed by atoms with Crippen LogP contribution in [0.2, 0.25) is 0 Å². The summed E-state index contributed by atoms with van der Waals surface area (Å²) in [6.07, 6.45) is -3.65. The zero-order valence-electron chi connectivity index (χ0n) is 10.6. The number of aliphatic hydroxyl groups is 2. The van der Waals surface area contributed by atoms with E-state index in [1.54, 1.807) is 0 Å². The zero-order chi connectivity index (χ0) is 14.4. The minimum absolute atomic E-state index is 0.167. The van der Waals surface area contributed by atoms with Crippen LogP contribution in [-0.4, -0.2) is 59.6 Å². The maximum Gasteiger partial charge on any atom is 0.218 e. The molecule has 7 nitrogen and oxygen atoms in total. The Kier molecular flexibility index (Phi) is 5.92. The average Bonchev–Trinajstić information content (AvgIpc) is 2.40. The fourth-order valence-electron chi connectivity index (χ4n) is 1.60. The van der Waals surface area contributed by atoms with Crippen LogP contribution in [0.1, 0.15) is 13.8 Å².